The zero-order valence-corrected chi connectivity index (χ0v) is 11.7. The summed E-state index contributed by atoms with van der Waals surface area (Å²) in [7, 11) is 0. The summed E-state index contributed by atoms with van der Waals surface area (Å²) in [5, 5.41) is 0. The molecule has 1 unspecified atom stereocenters. The van der Waals surface area contributed by atoms with E-state index in [4.69, 9.17) is 0 Å². The van der Waals surface area contributed by atoms with Gasteiger partial charge in [-0.2, -0.15) is 0 Å². The molecule has 0 bridgehead atoms. The first-order valence-corrected chi connectivity index (χ1v) is 6.78. The highest BCUT2D eigenvalue weighted by atomic mass is 15.2. The lowest BCUT2D eigenvalue weighted by molar-refractivity contribution is 0.0986. The number of hydrogen-bond donors (Lipinski definition) is 0. The van der Waals surface area contributed by atoms with Crippen LogP contribution in [-0.2, 0) is 0 Å². The van der Waals surface area contributed by atoms with Crippen molar-refractivity contribution in [3.63, 3.8) is 0 Å². The van der Waals surface area contributed by atoms with Crippen molar-refractivity contribution in [2.45, 2.75) is 52.0 Å². The molecule has 1 heterocycles. The van der Waals surface area contributed by atoms with Gasteiger partial charge < -0.3 is 0 Å². The fourth-order valence-electron chi connectivity index (χ4n) is 2.78. The Bertz CT molecular complexity index is 375. The van der Waals surface area contributed by atoms with Gasteiger partial charge in [0.1, 0.15) is 0 Å². The zero-order valence-electron chi connectivity index (χ0n) is 11.7. The van der Waals surface area contributed by atoms with Crippen molar-refractivity contribution in [1.82, 2.24) is 4.90 Å². The lowest BCUT2D eigenvalue weighted by Gasteiger charge is -2.41. The van der Waals surface area contributed by atoms with E-state index in [9.17, 15) is 0 Å². The third-order valence-electron chi connectivity index (χ3n) is 3.88. The van der Waals surface area contributed by atoms with Crippen LogP contribution in [0.5, 0.6) is 0 Å². The van der Waals surface area contributed by atoms with Crippen LogP contribution in [0.15, 0.2) is 24.3 Å². The van der Waals surface area contributed by atoms with Gasteiger partial charge in [0.2, 0.25) is 0 Å². The Morgan fingerprint density at radius 1 is 1.24 bits per heavy atom. The minimum absolute atomic E-state index is 0.308. The fourth-order valence-corrected chi connectivity index (χ4v) is 2.78. The van der Waals surface area contributed by atoms with E-state index in [2.05, 4.69) is 56.9 Å². The maximum Gasteiger partial charge on any atom is 0.0125 e. The molecular formula is C16H25N. The maximum absolute atomic E-state index is 2.63. The van der Waals surface area contributed by atoms with Gasteiger partial charge in [-0.05, 0) is 58.6 Å². The monoisotopic (exact) mass is 231 g/mol. The number of hydrogen-bond acceptors (Lipinski definition) is 1. The van der Waals surface area contributed by atoms with Crippen LogP contribution in [0, 0.1) is 6.92 Å². The molecule has 1 aliphatic heterocycles. The molecule has 0 saturated carbocycles. The highest BCUT2D eigenvalue weighted by Crippen LogP contribution is 2.30. The largest absolute Gasteiger partial charge is 0.298 e. The number of piperidine rings is 1. The van der Waals surface area contributed by atoms with Crippen LogP contribution in [0.4, 0.5) is 0 Å². The summed E-state index contributed by atoms with van der Waals surface area (Å²) in [4.78, 5) is 2.63. The van der Waals surface area contributed by atoms with Crippen LogP contribution in [-0.4, -0.2) is 23.5 Å². The molecule has 1 atom stereocenters. The van der Waals surface area contributed by atoms with Crippen molar-refractivity contribution < 1.29 is 0 Å². The van der Waals surface area contributed by atoms with Gasteiger partial charge in [0.15, 0.2) is 0 Å². The number of benzene rings is 1. The second-order valence-electron chi connectivity index (χ2n) is 6.37. The first-order valence-electron chi connectivity index (χ1n) is 6.78. The summed E-state index contributed by atoms with van der Waals surface area (Å²) in [5.41, 5.74) is 3.22. The molecular weight excluding hydrogens is 206 g/mol. The molecule has 17 heavy (non-hydrogen) atoms. The van der Waals surface area contributed by atoms with Crippen LogP contribution in [0.25, 0.3) is 0 Å². The Kier molecular flexibility index (Phi) is 3.58. The van der Waals surface area contributed by atoms with Crippen LogP contribution < -0.4 is 0 Å². The Labute approximate surface area is 106 Å². The standard InChI is InChI=1S/C16H25N/c1-13-7-5-8-14(11-13)15-9-6-10-17(12-15)16(2,3)4/h5,7-8,11,15H,6,9-10,12H2,1-4H3. The lowest BCUT2D eigenvalue weighted by atomic mass is 9.87. The van der Waals surface area contributed by atoms with Gasteiger partial charge in [-0.1, -0.05) is 29.8 Å². The van der Waals surface area contributed by atoms with Gasteiger partial charge in [-0.25, -0.2) is 0 Å². The predicted octanol–water partition coefficient (Wildman–Crippen LogP) is 3.97. The minimum Gasteiger partial charge on any atom is -0.298 e. The van der Waals surface area contributed by atoms with Crippen molar-refractivity contribution >= 4 is 0 Å². The van der Waals surface area contributed by atoms with Crippen molar-refractivity contribution in [2.75, 3.05) is 13.1 Å². The molecule has 1 fully saturated rings. The normalized spacial score (nSPS) is 22.7. The molecule has 1 saturated heterocycles. The van der Waals surface area contributed by atoms with E-state index in [0.29, 0.717) is 5.54 Å². The molecule has 0 aromatic heterocycles. The Morgan fingerprint density at radius 2 is 2.00 bits per heavy atom. The quantitative estimate of drug-likeness (QED) is 0.707. The number of rotatable bonds is 1. The van der Waals surface area contributed by atoms with Crippen LogP contribution in [0.2, 0.25) is 0 Å². The number of nitrogens with zero attached hydrogens (tertiary/aromatic N) is 1. The molecule has 0 aliphatic carbocycles. The average molecular weight is 231 g/mol. The summed E-state index contributed by atoms with van der Waals surface area (Å²) >= 11 is 0. The summed E-state index contributed by atoms with van der Waals surface area (Å²) < 4.78 is 0. The van der Waals surface area contributed by atoms with Crippen LogP contribution >= 0.6 is 0 Å². The highest BCUT2D eigenvalue weighted by Gasteiger charge is 2.28. The maximum atomic E-state index is 2.63. The molecule has 1 aromatic carbocycles. The zero-order chi connectivity index (χ0) is 12.5. The second kappa shape index (κ2) is 4.81. The van der Waals surface area contributed by atoms with Crippen LogP contribution in [0.1, 0.15) is 50.7 Å². The number of aryl methyl sites for hydroxylation is 1. The average Bonchev–Trinajstić information content (AvgIpc) is 2.28. The highest BCUT2D eigenvalue weighted by molar-refractivity contribution is 5.26. The van der Waals surface area contributed by atoms with Crippen molar-refractivity contribution in [1.29, 1.82) is 0 Å². The van der Waals surface area contributed by atoms with Gasteiger partial charge in [0, 0.05) is 12.1 Å². The molecule has 94 valence electrons. The van der Waals surface area contributed by atoms with Gasteiger partial charge >= 0.3 is 0 Å². The first kappa shape index (κ1) is 12.6. The van der Waals surface area contributed by atoms with E-state index >= 15 is 0 Å². The minimum atomic E-state index is 0.308. The first-order chi connectivity index (χ1) is 7.97. The summed E-state index contributed by atoms with van der Waals surface area (Å²) in [6, 6.07) is 9.04. The van der Waals surface area contributed by atoms with E-state index < -0.39 is 0 Å². The smallest absolute Gasteiger partial charge is 0.0125 e. The molecule has 2 rings (SSSR count). The topological polar surface area (TPSA) is 3.24 Å². The molecule has 0 spiro atoms. The Hall–Kier alpha value is -0.820. The molecule has 0 N–H and O–H groups in total. The Morgan fingerprint density at radius 3 is 2.65 bits per heavy atom. The third kappa shape index (κ3) is 3.10. The lowest BCUT2D eigenvalue weighted by Crippen LogP contribution is -2.46. The molecule has 0 amide bonds. The summed E-state index contributed by atoms with van der Waals surface area (Å²) in [6.45, 7) is 11.6. The number of likely N-dealkylation sites (tertiary alicyclic amines) is 1. The molecule has 1 nitrogen and oxygen atoms in total. The van der Waals surface area contributed by atoms with Gasteiger partial charge in [0.05, 0.1) is 0 Å². The van der Waals surface area contributed by atoms with Gasteiger partial charge in [0.25, 0.3) is 0 Å². The van der Waals surface area contributed by atoms with Gasteiger partial charge in [-0.15, -0.1) is 0 Å². The Balaban J connectivity index is 2.12. The van der Waals surface area contributed by atoms with E-state index in [1.807, 2.05) is 0 Å². The predicted molar refractivity (Wildman–Crippen MR) is 74.5 cm³/mol. The SMILES string of the molecule is Cc1cccc(C2CCCN(C(C)(C)C)C2)c1. The summed E-state index contributed by atoms with van der Waals surface area (Å²) in [5.74, 6) is 0.725. The van der Waals surface area contributed by atoms with Gasteiger partial charge in [-0.3, -0.25) is 4.90 Å². The van der Waals surface area contributed by atoms with E-state index in [-0.39, 0.29) is 0 Å². The molecule has 1 aliphatic rings. The van der Waals surface area contributed by atoms with E-state index in [1.165, 1.54) is 37.1 Å². The van der Waals surface area contributed by atoms with Crippen LogP contribution in [0.3, 0.4) is 0 Å². The molecule has 0 radical (unpaired) electrons. The van der Waals surface area contributed by atoms with Crippen molar-refractivity contribution in [3.05, 3.63) is 35.4 Å². The summed E-state index contributed by atoms with van der Waals surface area (Å²) in [6.07, 6.45) is 2.67. The van der Waals surface area contributed by atoms with E-state index in [1.54, 1.807) is 0 Å². The molecule has 1 heteroatoms. The van der Waals surface area contributed by atoms with E-state index in [0.717, 1.165) is 5.92 Å². The van der Waals surface area contributed by atoms with Crippen molar-refractivity contribution in [2.24, 2.45) is 0 Å². The molecule has 1 aromatic rings. The van der Waals surface area contributed by atoms with Crippen molar-refractivity contribution in [3.8, 4) is 0 Å². The fraction of sp³-hybridized carbons (Fsp3) is 0.625. The third-order valence-corrected chi connectivity index (χ3v) is 3.88. The second-order valence-corrected chi connectivity index (χ2v) is 6.37.